The first kappa shape index (κ1) is 17.8. The molecule has 124 valence electrons. The van der Waals surface area contributed by atoms with Crippen LogP contribution in [0.15, 0.2) is 30.3 Å². The van der Waals surface area contributed by atoms with Gasteiger partial charge < -0.3 is 5.32 Å². The van der Waals surface area contributed by atoms with Gasteiger partial charge in [-0.25, -0.2) is 0 Å². The van der Waals surface area contributed by atoms with Crippen molar-refractivity contribution in [3.8, 4) is 0 Å². The van der Waals surface area contributed by atoms with Crippen molar-refractivity contribution in [1.29, 1.82) is 0 Å². The van der Waals surface area contributed by atoms with E-state index >= 15 is 0 Å². The monoisotopic (exact) mass is 441 g/mol. The molecule has 24 heavy (non-hydrogen) atoms. The lowest BCUT2D eigenvalue weighted by atomic mass is 10.0. The summed E-state index contributed by atoms with van der Waals surface area (Å²) in [6.07, 6.45) is 0. The van der Waals surface area contributed by atoms with Gasteiger partial charge in [0.2, 0.25) is 0 Å². The second-order valence-electron chi connectivity index (χ2n) is 5.07. The topological polar surface area (TPSA) is 115 Å². The molecule has 8 nitrogen and oxygen atoms in total. The van der Waals surface area contributed by atoms with E-state index in [1.54, 1.807) is 12.1 Å². The Morgan fingerprint density at radius 2 is 1.75 bits per heavy atom. The molecule has 0 radical (unpaired) electrons. The average molecular weight is 441 g/mol. The summed E-state index contributed by atoms with van der Waals surface area (Å²) >= 11 is 2.12. The maximum absolute atomic E-state index is 12.4. The standard InChI is InChI=1S/C15H12IN3O5/c1-8-3-4-10(5-13(8)16)17-15(20)12-6-11(18(21)22)7-14(9(12)2)19(23)24/h3-7H,1-2H3,(H,17,20). The summed E-state index contributed by atoms with van der Waals surface area (Å²) in [7, 11) is 0. The normalized spacial score (nSPS) is 10.3. The molecule has 0 heterocycles. The van der Waals surface area contributed by atoms with Crippen LogP contribution in [0.2, 0.25) is 0 Å². The number of anilines is 1. The van der Waals surface area contributed by atoms with Gasteiger partial charge in [0.1, 0.15) is 0 Å². The quantitative estimate of drug-likeness (QED) is 0.438. The SMILES string of the molecule is Cc1ccc(NC(=O)c2cc([N+](=O)[O-])cc([N+](=O)[O-])c2C)cc1I. The number of benzene rings is 2. The van der Waals surface area contributed by atoms with Crippen molar-refractivity contribution in [2.75, 3.05) is 5.32 Å². The largest absolute Gasteiger partial charge is 0.322 e. The number of nitrogens with one attached hydrogen (secondary N) is 1. The minimum absolute atomic E-state index is 0.0740. The molecular weight excluding hydrogens is 429 g/mol. The molecule has 2 aromatic carbocycles. The molecule has 2 aromatic rings. The maximum Gasteiger partial charge on any atom is 0.279 e. The van der Waals surface area contributed by atoms with Gasteiger partial charge in [-0.3, -0.25) is 25.0 Å². The van der Waals surface area contributed by atoms with Crippen LogP contribution in [0.1, 0.15) is 21.5 Å². The summed E-state index contributed by atoms with van der Waals surface area (Å²) in [4.78, 5) is 32.9. The first-order valence-electron chi connectivity index (χ1n) is 6.71. The fourth-order valence-electron chi connectivity index (χ4n) is 2.08. The molecule has 0 unspecified atom stereocenters. The van der Waals surface area contributed by atoms with Gasteiger partial charge in [-0.2, -0.15) is 0 Å². The van der Waals surface area contributed by atoms with E-state index in [-0.39, 0.29) is 11.1 Å². The smallest absolute Gasteiger partial charge is 0.279 e. The lowest BCUT2D eigenvalue weighted by molar-refractivity contribution is -0.394. The van der Waals surface area contributed by atoms with E-state index in [0.29, 0.717) is 5.69 Å². The molecule has 0 aliphatic heterocycles. The van der Waals surface area contributed by atoms with Gasteiger partial charge in [0.05, 0.1) is 21.5 Å². The Morgan fingerprint density at radius 1 is 1.08 bits per heavy atom. The number of carbonyl (C=O) groups excluding carboxylic acids is 1. The fraction of sp³-hybridized carbons (Fsp3) is 0.133. The molecule has 0 aliphatic rings. The van der Waals surface area contributed by atoms with Crippen LogP contribution in [-0.2, 0) is 0 Å². The lowest BCUT2D eigenvalue weighted by Gasteiger charge is -2.09. The number of aryl methyl sites for hydroxylation is 1. The van der Waals surface area contributed by atoms with Crippen LogP contribution >= 0.6 is 22.6 Å². The minimum atomic E-state index is -0.766. The summed E-state index contributed by atoms with van der Waals surface area (Å²) in [6.45, 7) is 3.30. The van der Waals surface area contributed by atoms with Crippen LogP contribution in [0.25, 0.3) is 0 Å². The Labute approximate surface area is 150 Å². The Kier molecular flexibility index (Phi) is 5.12. The maximum atomic E-state index is 12.4. The number of nitrogens with zero attached hydrogens (tertiary/aromatic N) is 2. The molecule has 0 atom stereocenters. The van der Waals surface area contributed by atoms with Crippen molar-refractivity contribution in [1.82, 2.24) is 0 Å². The van der Waals surface area contributed by atoms with E-state index in [9.17, 15) is 25.0 Å². The summed E-state index contributed by atoms with van der Waals surface area (Å²) in [5, 5.41) is 24.6. The van der Waals surface area contributed by atoms with E-state index in [1.807, 2.05) is 13.0 Å². The Balaban J connectivity index is 2.46. The van der Waals surface area contributed by atoms with E-state index in [2.05, 4.69) is 27.9 Å². The molecule has 2 rings (SSSR count). The van der Waals surface area contributed by atoms with Crippen molar-refractivity contribution < 1.29 is 14.6 Å². The van der Waals surface area contributed by atoms with Crippen molar-refractivity contribution in [2.45, 2.75) is 13.8 Å². The number of carbonyl (C=O) groups is 1. The molecule has 0 saturated heterocycles. The van der Waals surface area contributed by atoms with Crippen molar-refractivity contribution >= 4 is 45.6 Å². The van der Waals surface area contributed by atoms with Gasteiger partial charge in [0.25, 0.3) is 17.3 Å². The van der Waals surface area contributed by atoms with E-state index in [0.717, 1.165) is 21.3 Å². The van der Waals surface area contributed by atoms with Crippen molar-refractivity contribution in [3.63, 3.8) is 0 Å². The average Bonchev–Trinajstić information content (AvgIpc) is 2.50. The molecule has 0 aromatic heterocycles. The summed E-state index contributed by atoms with van der Waals surface area (Å²) in [5.74, 6) is -0.640. The molecule has 0 saturated carbocycles. The third-order valence-corrected chi connectivity index (χ3v) is 4.61. The minimum Gasteiger partial charge on any atom is -0.322 e. The van der Waals surface area contributed by atoms with Gasteiger partial charge >= 0.3 is 0 Å². The number of nitro groups is 2. The Morgan fingerprint density at radius 3 is 2.29 bits per heavy atom. The van der Waals surface area contributed by atoms with Crippen LogP contribution < -0.4 is 5.32 Å². The molecule has 0 fully saturated rings. The van der Waals surface area contributed by atoms with Crippen LogP contribution in [0, 0.1) is 37.6 Å². The summed E-state index contributed by atoms with van der Waals surface area (Å²) in [5.41, 5.74) is 0.541. The second-order valence-corrected chi connectivity index (χ2v) is 6.23. The van der Waals surface area contributed by atoms with Crippen LogP contribution in [0.5, 0.6) is 0 Å². The third-order valence-electron chi connectivity index (χ3n) is 3.45. The van der Waals surface area contributed by atoms with E-state index in [4.69, 9.17) is 0 Å². The second kappa shape index (κ2) is 6.91. The molecule has 1 N–H and O–H groups in total. The summed E-state index contributed by atoms with van der Waals surface area (Å²) in [6, 6.07) is 7.14. The predicted octanol–water partition coefficient (Wildman–Crippen LogP) is 3.98. The number of nitro benzene ring substituents is 2. The van der Waals surface area contributed by atoms with Gasteiger partial charge in [0.15, 0.2) is 0 Å². The Hall–Kier alpha value is -2.56. The Bertz CT molecular complexity index is 866. The highest BCUT2D eigenvalue weighted by molar-refractivity contribution is 14.1. The number of halogens is 1. The molecule has 9 heteroatoms. The van der Waals surface area contributed by atoms with Gasteiger partial charge in [-0.15, -0.1) is 0 Å². The summed E-state index contributed by atoms with van der Waals surface area (Å²) < 4.78 is 0.937. The lowest BCUT2D eigenvalue weighted by Crippen LogP contribution is -2.15. The van der Waals surface area contributed by atoms with E-state index in [1.165, 1.54) is 6.92 Å². The first-order valence-corrected chi connectivity index (χ1v) is 7.79. The van der Waals surface area contributed by atoms with Crippen molar-refractivity contribution in [2.24, 2.45) is 0 Å². The number of non-ortho nitro benzene ring substituents is 1. The number of rotatable bonds is 4. The third kappa shape index (κ3) is 3.67. The zero-order valence-electron chi connectivity index (χ0n) is 12.7. The van der Waals surface area contributed by atoms with Crippen molar-refractivity contribution in [3.05, 3.63) is 70.8 Å². The van der Waals surface area contributed by atoms with Crippen LogP contribution in [-0.4, -0.2) is 15.8 Å². The number of hydrogen-bond acceptors (Lipinski definition) is 5. The van der Waals surface area contributed by atoms with Gasteiger partial charge in [0, 0.05) is 20.9 Å². The molecule has 0 spiro atoms. The zero-order valence-corrected chi connectivity index (χ0v) is 14.9. The van der Waals surface area contributed by atoms with Crippen LogP contribution in [0.3, 0.4) is 0 Å². The number of hydrogen-bond donors (Lipinski definition) is 1. The first-order chi connectivity index (χ1) is 11.2. The molecule has 0 aliphatic carbocycles. The van der Waals surface area contributed by atoms with Gasteiger partial charge in [-0.1, -0.05) is 6.07 Å². The fourth-order valence-corrected chi connectivity index (χ4v) is 2.60. The predicted molar refractivity (Wildman–Crippen MR) is 96.3 cm³/mol. The zero-order chi connectivity index (χ0) is 18.0. The van der Waals surface area contributed by atoms with E-state index < -0.39 is 27.1 Å². The van der Waals surface area contributed by atoms with Gasteiger partial charge in [-0.05, 0) is 54.1 Å². The highest BCUT2D eigenvalue weighted by atomic mass is 127. The molecular formula is C15H12IN3O5. The van der Waals surface area contributed by atoms with Crippen LogP contribution in [0.4, 0.5) is 17.1 Å². The molecule has 0 bridgehead atoms. The highest BCUT2D eigenvalue weighted by Gasteiger charge is 2.24. The highest BCUT2D eigenvalue weighted by Crippen LogP contribution is 2.28. The molecule has 1 amide bonds. The number of amides is 1.